The van der Waals surface area contributed by atoms with Crippen molar-refractivity contribution in [3.05, 3.63) is 23.8 Å². The van der Waals surface area contributed by atoms with Crippen LogP contribution >= 0.6 is 0 Å². The van der Waals surface area contributed by atoms with Gasteiger partial charge in [-0.3, -0.25) is 0 Å². The lowest BCUT2D eigenvalue weighted by Gasteiger charge is -2.15. The Hall–Kier alpha value is -1.18. The molecule has 17 heavy (non-hydrogen) atoms. The third-order valence-corrected chi connectivity index (χ3v) is 3.10. The van der Waals surface area contributed by atoms with Crippen molar-refractivity contribution in [3.63, 3.8) is 0 Å². The lowest BCUT2D eigenvalue weighted by Crippen LogP contribution is -2.14. The number of hydrogen-bond acceptors (Lipinski definition) is 2. The molecule has 0 bridgehead atoms. The normalized spacial score (nSPS) is 12.4. The summed E-state index contributed by atoms with van der Waals surface area (Å²) in [7, 11) is 0. The van der Waals surface area contributed by atoms with Crippen LogP contribution in [0.4, 0.5) is 5.69 Å². The number of benzene rings is 1. The van der Waals surface area contributed by atoms with Crippen LogP contribution in [0.15, 0.2) is 18.2 Å². The predicted octanol–water partition coefficient (Wildman–Crippen LogP) is 4.47. The van der Waals surface area contributed by atoms with Crippen molar-refractivity contribution in [1.82, 2.24) is 0 Å². The second-order valence-electron chi connectivity index (χ2n) is 4.90. The van der Waals surface area contributed by atoms with Crippen LogP contribution in [-0.2, 0) is 0 Å². The summed E-state index contributed by atoms with van der Waals surface area (Å²) >= 11 is 0. The number of phenols is 1. The second-order valence-corrected chi connectivity index (χ2v) is 4.90. The monoisotopic (exact) mass is 235 g/mol. The largest absolute Gasteiger partial charge is 0.508 e. The van der Waals surface area contributed by atoms with Crippen LogP contribution in [0.3, 0.4) is 0 Å². The maximum atomic E-state index is 9.45. The molecule has 96 valence electrons. The first-order chi connectivity index (χ1) is 8.13. The summed E-state index contributed by atoms with van der Waals surface area (Å²) in [6.07, 6.45) is 6.46. The van der Waals surface area contributed by atoms with E-state index >= 15 is 0 Å². The molecule has 0 spiro atoms. The molecular formula is C15H25NO. The van der Waals surface area contributed by atoms with Gasteiger partial charge in [-0.25, -0.2) is 0 Å². The molecule has 0 aromatic heterocycles. The molecule has 0 radical (unpaired) electrons. The molecule has 1 aromatic carbocycles. The molecule has 2 nitrogen and oxygen atoms in total. The number of phenolic OH excluding ortho intramolecular Hbond substituents is 1. The Labute approximate surface area is 105 Å². The lowest BCUT2D eigenvalue weighted by atomic mass is 10.1. The molecule has 0 saturated heterocycles. The number of aryl methyl sites for hydroxylation is 1. The van der Waals surface area contributed by atoms with E-state index in [1.165, 1.54) is 32.1 Å². The summed E-state index contributed by atoms with van der Waals surface area (Å²) in [6.45, 7) is 6.38. The fourth-order valence-electron chi connectivity index (χ4n) is 1.98. The molecule has 0 aliphatic heterocycles. The predicted molar refractivity (Wildman–Crippen MR) is 74.7 cm³/mol. The van der Waals surface area contributed by atoms with Crippen molar-refractivity contribution in [3.8, 4) is 5.75 Å². The first-order valence-corrected chi connectivity index (χ1v) is 6.69. The maximum Gasteiger partial charge on any atom is 0.118 e. The summed E-state index contributed by atoms with van der Waals surface area (Å²) < 4.78 is 0. The van der Waals surface area contributed by atoms with Crippen molar-refractivity contribution < 1.29 is 5.11 Å². The van der Waals surface area contributed by atoms with E-state index in [9.17, 15) is 5.11 Å². The van der Waals surface area contributed by atoms with Crippen molar-refractivity contribution in [2.75, 3.05) is 5.32 Å². The standard InChI is InChI=1S/C15H25NO/c1-4-5-6-7-8-13(3)16-14-9-10-15(17)12(2)11-14/h9-11,13,16-17H,4-8H2,1-3H3. The van der Waals surface area contributed by atoms with Crippen LogP contribution in [0.1, 0.15) is 51.5 Å². The van der Waals surface area contributed by atoms with E-state index in [0.29, 0.717) is 11.8 Å². The van der Waals surface area contributed by atoms with E-state index in [1.807, 2.05) is 19.1 Å². The van der Waals surface area contributed by atoms with E-state index in [-0.39, 0.29) is 0 Å². The van der Waals surface area contributed by atoms with Gasteiger partial charge in [-0.1, -0.05) is 32.6 Å². The van der Waals surface area contributed by atoms with Crippen molar-refractivity contribution in [2.45, 2.75) is 58.9 Å². The molecule has 0 amide bonds. The van der Waals surface area contributed by atoms with Gasteiger partial charge < -0.3 is 10.4 Å². The molecule has 0 aliphatic carbocycles. The zero-order valence-corrected chi connectivity index (χ0v) is 11.3. The minimum atomic E-state index is 0.367. The highest BCUT2D eigenvalue weighted by atomic mass is 16.3. The van der Waals surface area contributed by atoms with Crippen LogP contribution in [0.25, 0.3) is 0 Å². The molecule has 2 N–H and O–H groups in total. The third kappa shape index (κ3) is 5.12. The van der Waals surface area contributed by atoms with E-state index in [4.69, 9.17) is 0 Å². The molecule has 0 aliphatic rings. The molecule has 1 atom stereocenters. The Morgan fingerprint density at radius 1 is 1.24 bits per heavy atom. The number of nitrogens with one attached hydrogen (secondary N) is 1. The highest BCUT2D eigenvalue weighted by Crippen LogP contribution is 2.21. The lowest BCUT2D eigenvalue weighted by molar-refractivity contribution is 0.471. The first kappa shape index (κ1) is 13.9. The topological polar surface area (TPSA) is 32.3 Å². The number of hydrogen-bond donors (Lipinski definition) is 2. The summed E-state index contributed by atoms with van der Waals surface area (Å²) in [4.78, 5) is 0. The number of aromatic hydroxyl groups is 1. The minimum Gasteiger partial charge on any atom is -0.508 e. The quantitative estimate of drug-likeness (QED) is 0.540. The third-order valence-electron chi connectivity index (χ3n) is 3.10. The highest BCUT2D eigenvalue weighted by Gasteiger charge is 2.03. The Morgan fingerprint density at radius 2 is 2.00 bits per heavy atom. The molecule has 1 rings (SSSR count). The molecule has 2 heteroatoms. The summed E-state index contributed by atoms with van der Waals surface area (Å²) in [5.74, 6) is 0.367. The van der Waals surface area contributed by atoms with Gasteiger partial charge in [-0.05, 0) is 44.0 Å². The average Bonchev–Trinajstić information content (AvgIpc) is 2.30. The van der Waals surface area contributed by atoms with E-state index in [1.54, 1.807) is 6.07 Å². The fraction of sp³-hybridized carbons (Fsp3) is 0.600. The van der Waals surface area contributed by atoms with Gasteiger partial charge in [0.15, 0.2) is 0 Å². The smallest absolute Gasteiger partial charge is 0.118 e. The van der Waals surface area contributed by atoms with Crippen LogP contribution in [-0.4, -0.2) is 11.1 Å². The van der Waals surface area contributed by atoms with Crippen LogP contribution in [0.2, 0.25) is 0 Å². The van der Waals surface area contributed by atoms with Crippen molar-refractivity contribution in [1.29, 1.82) is 0 Å². The van der Waals surface area contributed by atoms with Crippen LogP contribution in [0.5, 0.6) is 5.75 Å². The van der Waals surface area contributed by atoms with Crippen molar-refractivity contribution in [2.24, 2.45) is 0 Å². The van der Waals surface area contributed by atoms with Gasteiger partial charge in [-0.15, -0.1) is 0 Å². The molecule has 1 unspecified atom stereocenters. The van der Waals surface area contributed by atoms with E-state index < -0.39 is 0 Å². The SMILES string of the molecule is CCCCCCC(C)Nc1ccc(O)c(C)c1. The highest BCUT2D eigenvalue weighted by molar-refractivity contribution is 5.50. The number of unbranched alkanes of at least 4 members (excludes halogenated alkanes) is 3. The molecule has 0 heterocycles. The van der Waals surface area contributed by atoms with Gasteiger partial charge in [0.05, 0.1) is 0 Å². The maximum absolute atomic E-state index is 9.45. The summed E-state index contributed by atoms with van der Waals surface area (Å²) in [6, 6.07) is 6.18. The average molecular weight is 235 g/mol. The summed E-state index contributed by atoms with van der Waals surface area (Å²) in [5.41, 5.74) is 2.02. The minimum absolute atomic E-state index is 0.367. The fourth-order valence-corrected chi connectivity index (χ4v) is 1.98. The molecule has 1 aromatic rings. The second kappa shape index (κ2) is 7.21. The molecule has 0 saturated carbocycles. The Morgan fingerprint density at radius 3 is 2.65 bits per heavy atom. The molecular weight excluding hydrogens is 210 g/mol. The zero-order valence-electron chi connectivity index (χ0n) is 11.3. The summed E-state index contributed by atoms with van der Waals surface area (Å²) in [5, 5.41) is 12.9. The number of rotatable bonds is 7. The van der Waals surface area contributed by atoms with Crippen LogP contribution < -0.4 is 5.32 Å². The zero-order chi connectivity index (χ0) is 12.7. The van der Waals surface area contributed by atoms with Crippen LogP contribution in [0, 0.1) is 6.92 Å². The van der Waals surface area contributed by atoms with E-state index in [0.717, 1.165) is 11.3 Å². The first-order valence-electron chi connectivity index (χ1n) is 6.69. The van der Waals surface area contributed by atoms with Gasteiger partial charge >= 0.3 is 0 Å². The van der Waals surface area contributed by atoms with Gasteiger partial charge in [0, 0.05) is 11.7 Å². The van der Waals surface area contributed by atoms with Crippen molar-refractivity contribution >= 4 is 5.69 Å². The van der Waals surface area contributed by atoms with E-state index in [2.05, 4.69) is 19.2 Å². The number of anilines is 1. The Bertz CT molecular complexity index is 336. The van der Waals surface area contributed by atoms with Gasteiger partial charge in [-0.2, -0.15) is 0 Å². The van der Waals surface area contributed by atoms with Gasteiger partial charge in [0.1, 0.15) is 5.75 Å². The van der Waals surface area contributed by atoms with Gasteiger partial charge in [0.25, 0.3) is 0 Å². The molecule has 0 fully saturated rings. The Kier molecular flexibility index (Phi) is 5.88. The van der Waals surface area contributed by atoms with Gasteiger partial charge in [0.2, 0.25) is 0 Å². The Balaban J connectivity index is 2.34.